The lowest BCUT2D eigenvalue weighted by molar-refractivity contribution is 0.794. The molecule has 0 fully saturated rings. The second-order valence-corrected chi connectivity index (χ2v) is 9.75. The Bertz CT molecular complexity index is 1650. The van der Waals surface area contributed by atoms with Crippen LogP contribution in [0.4, 0.5) is 0 Å². The molecule has 2 aliphatic rings. The van der Waals surface area contributed by atoms with Crippen LogP contribution in [-0.2, 0) is 5.41 Å². The van der Waals surface area contributed by atoms with Crippen LogP contribution in [0.25, 0.3) is 39.0 Å². The van der Waals surface area contributed by atoms with Crippen molar-refractivity contribution in [1.82, 2.24) is 0 Å². The van der Waals surface area contributed by atoms with Gasteiger partial charge in [0, 0.05) is 0 Å². The molecule has 0 N–H and O–H groups in total. The van der Waals surface area contributed by atoms with Crippen LogP contribution < -0.4 is 0 Å². The topological polar surface area (TPSA) is 0 Å². The summed E-state index contributed by atoms with van der Waals surface area (Å²) < 4.78 is 0. The van der Waals surface area contributed by atoms with Gasteiger partial charge in [0.1, 0.15) is 0 Å². The van der Waals surface area contributed by atoms with Gasteiger partial charge in [-0.2, -0.15) is 0 Å². The lowest BCUT2D eigenvalue weighted by Crippen LogP contribution is -2.25. The maximum Gasteiger partial charge on any atom is 0.0725 e. The standard InChI is InChI=1S/C36H26/c1-3-11-24(2)25-12-10-13-26(22-25)27-20-21-31-30-16-6-9-19-34(30)36(35(31)23-27)32-17-7-4-14-28(32)29-15-5-8-18-33(29)36/h3-23H,2H2,1H3/b11-3-. The first-order valence-corrected chi connectivity index (χ1v) is 12.6. The van der Waals surface area contributed by atoms with E-state index in [1.165, 1.54) is 55.6 Å². The van der Waals surface area contributed by atoms with Crippen molar-refractivity contribution < 1.29 is 0 Å². The zero-order valence-electron chi connectivity index (χ0n) is 20.3. The van der Waals surface area contributed by atoms with Crippen LogP contribution in [-0.4, -0.2) is 0 Å². The molecule has 0 unspecified atom stereocenters. The Morgan fingerprint density at radius 3 is 1.67 bits per heavy atom. The molecular formula is C36H26. The second kappa shape index (κ2) is 7.80. The summed E-state index contributed by atoms with van der Waals surface area (Å²) in [6.45, 7) is 6.29. The zero-order valence-corrected chi connectivity index (χ0v) is 20.3. The van der Waals surface area contributed by atoms with Gasteiger partial charge in [-0.25, -0.2) is 0 Å². The van der Waals surface area contributed by atoms with E-state index in [1.807, 2.05) is 13.0 Å². The van der Waals surface area contributed by atoms with Crippen molar-refractivity contribution in [2.75, 3.05) is 0 Å². The fourth-order valence-electron chi connectivity index (χ4n) is 6.47. The molecule has 5 aromatic carbocycles. The van der Waals surface area contributed by atoms with Crippen molar-refractivity contribution in [1.29, 1.82) is 0 Å². The van der Waals surface area contributed by atoms with E-state index < -0.39 is 0 Å². The van der Waals surface area contributed by atoms with E-state index in [0.717, 1.165) is 11.1 Å². The molecule has 2 aliphatic carbocycles. The minimum atomic E-state index is -0.304. The van der Waals surface area contributed by atoms with Gasteiger partial charge in [0.25, 0.3) is 0 Å². The molecule has 7 rings (SSSR count). The van der Waals surface area contributed by atoms with E-state index in [9.17, 15) is 0 Å². The molecule has 0 atom stereocenters. The largest absolute Gasteiger partial charge is 0.0912 e. The quantitative estimate of drug-likeness (QED) is 0.231. The molecule has 0 heteroatoms. The maximum absolute atomic E-state index is 4.26. The molecule has 0 radical (unpaired) electrons. The fraction of sp³-hybridized carbons (Fsp3) is 0.0556. The third kappa shape index (κ3) is 2.70. The summed E-state index contributed by atoms with van der Waals surface area (Å²) in [4.78, 5) is 0. The van der Waals surface area contributed by atoms with Crippen LogP contribution in [0.1, 0.15) is 34.7 Å². The molecule has 1 spiro atoms. The van der Waals surface area contributed by atoms with Gasteiger partial charge in [0.15, 0.2) is 0 Å². The highest BCUT2D eigenvalue weighted by Gasteiger charge is 2.51. The fourth-order valence-corrected chi connectivity index (χ4v) is 6.47. The second-order valence-electron chi connectivity index (χ2n) is 9.75. The minimum absolute atomic E-state index is 0.304. The molecule has 0 bridgehead atoms. The van der Waals surface area contributed by atoms with Gasteiger partial charge in [-0.05, 0) is 85.8 Å². The van der Waals surface area contributed by atoms with Gasteiger partial charge in [-0.3, -0.25) is 0 Å². The first-order valence-electron chi connectivity index (χ1n) is 12.6. The number of allylic oxidation sites excluding steroid dienone is 3. The predicted octanol–water partition coefficient (Wildman–Crippen LogP) is 9.29. The van der Waals surface area contributed by atoms with Gasteiger partial charge in [-0.15, -0.1) is 0 Å². The Kier molecular flexibility index (Phi) is 4.53. The molecular weight excluding hydrogens is 432 g/mol. The van der Waals surface area contributed by atoms with Gasteiger partial charge in [0.2, 0.25) is 0 Å². The molecule has 0 heterocycles. The highest BCUT2D eigenvalue weighted by Crippen LogP contribution is 2.62. The number of hydrogen-bond donors (Lipinski definition) is 0. The van der Waals surface area contributed by atoms with Crippen LogP contribution in [0.5, 0.6) is 0 Å². The Morgan fingerprint density at radius 1 is 0.556 bits per heavy atom. The third-order valence-corrected chi connectivity index (χ3v) is 7.93. The minimum Gasteiger partial charge on any atom is -0.0912 e. The summed E-state index contributed by atoms with van der Waals surface area (Å²) in [6.07, 6.45) is 4.11. The normalized spacial score (nSPS) is 13.9. The van der Waals surface area contributed by atoms with E-state index in [-0.39, 0.29) is 5.41 Å². The van der Waals surface area contributed by atoms with E-state index in [4.69, 9.17) is 0 Å². The lowest BCUT2D eigenvalue weighted by atomic mass is 9.70. The third-order valence-electron chi connectivity index (χ3n) is 7.93. The van der Waals surface area contributed by atoms with E-state index >= 15 is 0 Å². The summed E-state index contributed by atoms with van der Waals surface area (Å²) in [5.41, 5.74) is 15.2. The summed E-state index contributed by atoms with van der Waals surface area (Å²) >= 11 is 0. The Balaban J connectivity index is 1.53. The van der Waals surface area contributed by atoms with Crippen LogP contribution in [0, 0.1) is 0 Å². The lowest BCUT2D eigenvalue weighted by Gasteiger charge is -2.30. The molecule has 36 heavy (non-hydrogen) atoms. The monoisotopic (exact) mass is 458 g/mol. The van der Waals surface area contributed by atoms with Crippen molar-refractivity contribution in [3.05, 3.63) is 162 Å². The first-order chi connectivity index (χ1) is 17.7. The van der Waals surface area contributed by atoms with Crippen LogP contribution in [0.3, 0.4) is 0 Å². The highest BCUT2D eigenvalue weighted by atomic mass is 14.5. The summed E-state index contributed by atoms with van der Waals surface area (Å²) in [5.74, 6) is 0. The molecule has 0 saturated heterocycles. The Labute approximate surface area is 212 Å². The summed E-state index contributed by atoms with van der Waals surface area (Å²) in [5, 5.41) is 0. The van der Waals surface area contributed by atoms with Gasteiger partial charge >= 0.3 is 0 Å². The highest BCUT2D eigenvalue weighted by molar-refractivity contribution is 5.96. The van der Waals surface area contributed by atoms with Gasteiger partial charge in [0.05, 0.1) is 5.41 Å². The van der Waals surface area contributed by atoms with Crippen LogP contribution in [0.2, 0.25) is 0 Å². The van der Waals surface area contributed by atoms with E-state index in [2.05, 4.69) is 128 Å². The van der Waals surface area contributed by atoms with E-state index in [1.54, 1.807) is 0 Å². The Hall–Kier alpha value is -4.42. The Morgan fingerprint density at radius 2 is 1.08 bits per heavy atom. The summed E-state index contributed by atoms with van der Waals surface area (Å²) in [6, 6.07) is 42.7. The molecule has 0 nitrogen and oxygen atoms in total. The summed E-state index contributed by atoms with van der Waals surface area (Å²) in [7, 11) is 0. The average molecular weight is 459 g/mol. The SMILES string of the molecule is C=C(/C=C\C)c1cccc(-c2ccc3c(c2)C2(c4ccccc4-c4ccccc42)c2ccccc2-3)c1. The molecule has 0 aromatic heterocycles. The zero-order chi connectivity index (χ0) is 24.3. The molecule has 0 amide bonds. The van der Waals surface area contributed by atoms with Crippen molar-refractivity contribution in [2.45, 2.75) is 12.3 Å². The number of fused-ring (bicyclic) bond motifs is 10. The smallest absolute Gasteiger partial charge is 0.0725 e. The molecule has 0 saturated carbocycles. The average Bonchev–Trinajstić information content (AvgIpc) is 3.40. The van der Waals surface area contributed by atoms with Gasteiger partial charge in [-0.1, -0.05) is 122 Å². The molecule has 5 aromatic rings. The van der Waals surface area contributed by atoms with Crippen LogP contribution >= 0.6 is 0 Å². The van der Waals surface area contributed by atoms with Crippen molar-refractivity contribution >= 4 is 5.57 Å². The van der Waals surface area contributed by atoms with E-state index in [0.29, 0.717) is 0 Å². The maximum atomic E-state index is 4.26. The van der Waals surface area contributed by atoms with Crippen LogP contribution in [0.15, 0.2) is 134 Å². The van der Waals surface area contributed by atoms with Gasteiger partial charge < -0.3 is 0 Å². The predicted molar refractivity (Wildman–Crippen MR) is 152 cm³/mol. The first kappa shape index (κ1) is 20.9. The van der Waals surface area contributed by atoms with Crippen molar-refractivity contribution in [2.24, 2.45) is 0 Å². The van der Waals surface area contributed by atoms with Crippen molar-refractivity contribution in [3.63, 3.8) is 0 Å². The number of hydrogen-bond acceptors (Lipinski definition) is 0. The number of rotatable bonds is 3. The molecule has 0 aliphatic heterocycles. The number of benzene rings is 5. The molecule has 170 valence electrons. The van der Waals surface area contributed by atoms with Crippen molar-refractivity contribution in [3.8, 4) is 33.4 Å².